The van der Waals surface area contributed by atoms with Crippen LogP contribution >= 0.6 is 11.6 Å². The number of hydrogen-bond donors (Lipinski definition) is 1. The molecule has 1 saturated heterocycles. The van der Waals surface area contributed by atoms with Gasteiger partial charge in [0.1, 0.15) is 5.38 Å². The summed E-state index contributed by atoms with van der Waals surface area (Å²) in [5.74, 6) is -0.120. The van der Waals surface area contributed by atoms with Crippen molar-refractivity contribution in [3.8, 4) is 0 Å². The number of carbonyl (C=O) groups is 1. The van der Waals surface area contributed by atoms with E-state index >= 15 is 0 Å². The van der Waals surface area contributed by atoms with E-state index in [0.29, 0.717) is 6.61 Å². The van der Waals surface area contributed by atoms with Crippen molar-refractivity contribution in [3.05, 3.63) is 0 Å². The standard InChI is InChI=1S/C9H16ClNO2/c1-6(10)8(12)11-7-4-5-13-9(7,2)3/h6-7H,4-5H2,1-3H3,(H,11,12). The molecule has 1 fully saturated rings. The molecular formula is C9H16ClNO2. The van der Waals surface area contributed by atoms with Gasteiger partial charge in [-0.25, -0.2) is 0 Å². The summed E-state index contributed by atoms with van der Waals surface area (Å²) < 4.78 is 5.48. The summed E-state index contributed by atoms with van der Waals surface area (Å²) in [5, 5.41) is 2.40. The van der Waals surface area contributed by atoms with Crippen molar-refractivity contribution in [2.75, 3.05) is 6.61 Å². The molecule has 0 bridgehead atoms. The molecule has 1 amide bonds. The van der Waals surface area contributed by atoms with E-state index in [1.54, 1.807) is 6.92 Å². The highest BCUT2D eigenvalue weighted by Gasteiger charge is 2.36. The van der Waals surface area contributed by atoms with Gasteiger partial charge in [0.05, 0.1) is 11.6 Å². The molecule has 0 spiro atoms. The van der Waals surface area contributed by atoms with Crippen LogP contribution < -0.4 is 5.32 Å². The largest absolute Gasteiger partial charge is 0.373 e. The van der Waals surface area contributed by atoms with E-state index in [2.05, 4.69) is 5.32 Å². The van der Waals surface area contributed by atoms with Crippen molar-refractivity contribution >= 4 is 17.5 Å². The van der Waals surface area contributed by atoms with Crippen LogP contribution in [0.2, 0.25) is 0 Å². The van der Waals surface area contributed by atoms with Gasteiger partial charge in [-0.15, -0.1) is 11.6 Å². The number of hydrogen-bond acceptors (Lipinski definition) is 2. The average molecular weight is 206 g/mol. The van der Waals surface area contributed by atoms with Gasteiger partial charge in [0.15, 0.2) is 0 Å². The summed E-state index contributed by atoms with van der Waals surface area (Å²) in [6.07, 6.45) is 0.863. The molecule has 1 rings (SSSR count). The molecule has 1 aliphatic heterocycles. The van der Waals surface area contributed by atoms with Crippen LogP contribution in [0.5, 0.6) is 0 Å². The van der Waals surface area contributed by atoms with Crippen LogP contribution in [0.1, 0.15) is 27.2 Å². The van der Waals surface area contributed by atoms with Crippen LogP contribution in [0.15, 0.2) is 0 Å². The van der Waals surface area contributed by atoms with Crippen LogP contribution in [-0.2, 0) is 9.53 Å². The molecule has 4 heteroatoms. The lowest BCUT2D eigenvalue weighted by atomic mass is 9.99. The summed E-state index contributed by atoms with van der Waals surface area (Å²) >= 11 is 5.65. The van der Waals surface area contributed by atoms with Crippen LogP contribution in [-0.4, -0.2) is 29.5 Å². The first-order valence-corrected chi connectivity index (χ1v) is 4.95. The third kappa shape index (κ3) is 2.58. The van der Waals surface area contributed by atoms with Crippen molar-refractivity contribution in [1.82, 2.24) is 5.32 Å². The van der Waals surface area contributed by atoms with Gasteiger partial charge in [0, 0.05) is 6.61 Å². The molecule has 1 heterocycles. The predicted molar refractivity (Wildman–Crippen MR) is 51.9 cm³/mol. The third-order valence-electron chi connectivity index (χ3n) is 2.40. The van der Waals surface area contributed by atoms with Crippen molar-refractivity contribution in [3.63, 3.8) is 0 Å². The molecule has 2 atom stereocenters. The first-order chi connectivity index (χ1) is 5.93. The van der Waals surface area contributed by atoms with Gasteiger partial charge < -0.3 is 10.1 Å². The Bertz CT molecular complexity index is 204. The molecule has 1 aliphatic rings. The molecule has 3 nitrogen and oxygen atoms in total. The number of alkyl halides is 1. The fourth-order valence-corrected chi connectivity index (χ4v) is 1.48. The van der Waals surface area contributed by atoms with Gasteiger partial charge in [-0.05, 0) is 27.2 Å². The molecule has 1 N–H and O–H groups in total. The Morgan fingerprint density at radius 3 is 2.69 bits per heavy atom. The van der Waals surface area contributed by atoms with Gasteiger partial charge in [-0.2, -0.15) is 0 Å². The smallest absolute Gasteiger partial charge is 0.238 e. The monoisotopic (exact) mass is 205 g/mol. The zero-order valence-corrected chi connectivity index (χ0v) is 9.02. The second kappa shape index (κ2) is 3.84. The second-order valence-electron chi connectivity index (χ2n) is 3.92. The molecule has 13 heavy (non-hydrogen) atoms. The van der Waals surface area contributed by atoms with E-state index < -0.39 is 5.38 Å². The third-order valence-corrected chi connectivity index (χ3v) is 2.60. The van der Waals surface area contributed by atoms with Crippen molar-refractivity contribution in [1.29, 1.82) is 0 Å². The van der Waals surface area contributed by atoms with Crippen molar-refractivity contribution in [2.45, 2.75) is 44.2 Å². The van der Waals surface area contributed by atoms with Gasteiger partial charge in [-0.1, -0.05) is 0 Å². The van der Waals surface area contributed by atoms with Gasteiger partial charge in [0.2, 0.25) is 5.91 Å². The molecule has 76 valence electrons. The number of carbonyl (C=O) groups excluding carboxylic acids is 1. The van der Waals surface area contributed by atoms with Crippen LogP contribution in [0.3, 0.4) is 0 Å². The van der Waals surface area contributed by atoms with Crippen molar-refractivity contribution in [2.24, 2.45) is 0 Å². The Balaban J connectivity index is 2.50. The van der Waals surface area contributed by atoms with E-state index in [1.165, 1.54) is 0 Å². The fourth-order valence-electron chi connectivity index (χ4n) is 1.42. The maximum Gasteiger partial charge on any atom is 0.238 e. The summed E-state index contributed by atoms with van der Waals surface area (Å²) in [7, 11) is 0. The maximum absolute atomic E-state index is 11.3. The molecular weight excluding hydrogens is 190 g/mol. The number of nitrogens with one attached hydrogen (secondary N) is 1. The minimum Gasteiger partial charge on any atom is -0.373 e. The lowest BCUT2D eigenvalue weighted by molar-refractivity contribution is -0.122. The summed E-state index contributed by atoms with van der Waals surface area (Å²) in [5.41, 5.74) is -0.262. The summed E-state index contributed by atoms with van der Waals surface area (Å²) in [6.45, 7) is 6.32. The van der Waals surface area contributed by atoms with Gasteiger partial charge in [-0.3, -0.25) is 4.79 Å². The van der Waals surface area contributed by atoms with E-state index in [4.69, 9.17) is 16.3 Å². The number of halogens is 1. The topological polar surface area (TPSA) is 38.3 Å². The van der Waals surface area contributed by atoms with E-state index in [9.17, 15) is 4.79 Å². The Labute approximate surface area is 83.8 Å². The normalized spacial score (nSPS) is 28.5. The quantitative estimate of drug-likeness (QED) is 0.691. The molecule has 0 aromatic rings. The van der Waals surface area contributed by atoms with E-state index in [1.807, 2.05) is 13.8 Å². The van der Waals surface area contributed by atoms with E-state index in [-0.39, 0.29) is 17.6 Å². The van der Waals surface area contributed by atoms with Gasteiger partial charge in [0.25, 0.3) is 0 Å². The highest BCUT2D eigenvalue weighted by Crippen LogP contribution is 2.24. The SMILES string of the molecule is CC(Cl)C(=O)NC1CCOC1(C)C. The molecule has 0 aromatic heterocycles. The fraction of sp³-hybridized carbons (Fsp3) is 0.889. The molecule has 0 radical (unpaired) electrons. The van der Waals surface area contributed by atoms with Crippen LogP contribution in [0, 0.1) is 0 Å². The van der Waals surface area contributed by atoms with Crippen LogP contribution in [0.25, 0.3) is 0 Å². The van der Waals surface area contributed by atoms with Gasteiger partial charge >= 0.3 is 0 Å². The first kappa shape index (κ1) is 10.8. The van der Waals surface area contributed by atoms with Crippen LogP contribution in [0.4, 0.5) is 0 Å². The minimum atomic E-state index is -0.476. The highest BCUT2D eigenvalue weighted by molar-refractivity contribution is 6.30. The van der Waals surface area contributed by atoms with E-state index in [0.717, 1.165) is 6.42 Å². The first-order valence-electron chi connectivity index (χ1n) is 4.52. The second-order valence-corrected chi connectivity index (χ2v) is 4.57. The highest BCUT2D eigenvalue weighted by atomic mass is 35.5. The Morgan fingerprint density at radius 2 is 2.31 bits per heavy atom. The van der Waals surface area contributed by atoms with Crippen molar-refractivity contribution < 1.29 is 9.53 Å². The zero-order valence-electron chi connectivity index (χ0n) is 8.26. The lowest BCUT2D eigenvalue weighted by Crippen LogP contribution is -2.48. The average Bonchev–Trinajstić information content (AvgIpc) is 2.30. The molecule has 0 saturated carbocycles. The zero-order chi connectivity index (χ0) is 10.1. The Kier molecular flexibility index (Phi) is 3.19. The predicted octanol–water partition coefficient (Wildman–Crippen LogP) is 1.30. The molecule has 0 aromatic carbocycles. The molecule has 2 unspecified atom stereocenters. The number of amides is 1. The lowest BCUT2D eigenvalue weighted by Gasteiger charge is -2.26. The summed E-state index contributed by atoms with van der Waals surface area (Å²) in [6, 6.07) is 0.0844. The Morgan fingerprint density at radius 1 is 1.69 bits per heavy atom. The molecule has 0 aliphatic carbocycles. The number of rotatable bonds is 2. The number of ether oxygens (including phenoxy) is 1. The minimum absolute atomic E-state index is 0.0844. The maximum atomic E-state index is 11.3. The Hall–Kier alpha value is -0.280. The summed E-state index contributed by atoms with van der Waals surface area (Å²) in [4.78, 5) is 11.3.